The van der Waals surface area contributed by atoms with Gasteiger partial charge < -0.3 is 15.2 Å². The van der Waals surface area contributed by atoms with Crippen LogP contribution in [0.4, 0.5) is 0 Å². The molecule has 0 aliphatic heterocycles. The molecule has 0 aliphatic carbocycles. The Kier molecular flexibility index (Phi) is 5.23. The average Bonchev–Trinajstić information content (AvgIpc) is 2.37. The van der Waals surface area contributed by atoms with Crippen LogP contribution in [0.2, 0.25) is 0 Å². The van der Waals surface area contributed by atoms with Gasteiger partial charge in [0, 0.05) is 11.1 Å². The Hall–Kier alpha value is -1.81. The van der Waals surface area contributed by atoms with Gasteiger partial charge in [-0.2, -0.15) is 0 Å². The molecule has 4 nitrogen and oxygen atoms in total. The number of hydrogen-bond donors (Lipinski definition) is 1. The molecule has 1 aromatic carbocycles. The van der Waals surface area contributed by atoms with Gasteiger partial charge >= 0.3 is 0 Å². The van der Waals surface area contributed by atoms with E-state index in [2.05, 4.69) is 0 Å². The van der Waals surface area contributed by atoms with Crippen molar-refractivity contribution in [3.63, 3.8) is 0 Å². The minimum Gasteiger partial charge on any atom is -0.493 e. The lowest BCUT2D eigenvalue weighted by molar-refractivity contribution is 0.112. The number of ether oxygens (including phenoxy) is 2. The molecule has 92 valence electrons. The zero-order chi connectivity index (χ0) is 12.7. The maximum atomic E-state index is 10.8. The molecule has 0 aliphatic rings. The van der Waals surface area contributed by atoms with Gasteiger partial charge in [-0.15, -0.1) is 0 Å². The normalized spacial score (nSPS) is 10.5. The van der Waals surface area contributed by atoms with Gasteiger partial charge in [0.05, 0.1) is 14.2 Å². The van der Waals surface area contributed by atoms with Gasteiger partial charge in [0.25, 0.3) is 0 Å². The molecule has 0 saturated carbocycles. The van der Waals surface area contributed by atoms with Gasteiger partial charge in [0.15, 0.2) is 11.5 Å². The first-order valence-electron chi connectivity index (χ1n) is 5.34. The van der Waals surface area contributed by atoms with Crippen molar-refractivity contribution in [2.75, 3.05) is 20.8 Å². The van der Waals surface area contributed by atoms with Crippen molar-refractivity contribution in [3.8, 4) is 11.5 Å². The number of hydrogen-bond acceptors (Lipinski definition) is 4. The van der Waals surface area contributed by atoms with E-state index in [1.165, 1.54) is 0 Å². The lowest BCUT2D eigenvalue weighted by atomic mass is 10.1. The number of nitrogens with two attached hydrogens (primary N) is 1. The van der Waals surface area contributed by atoms with E-state index in [1.54, 1.807) is 26.4 Å². The summed E-state index contributed by atoms with van der Waals surface area (Å²) in [5.41, 5.74) is 6.77. The lowest BCUT2D eigenvalue weighted by Crippen LogP contribution is -1.97. The van der Waals surface area contributed by atoms with Gasteiger partial charge in [-0.25, -0.2) is 0 Å². The Labute approximate surface area is 101 Å². The number of carbonyl (C=O) groups is 1. The van der Waals surface area contributed by atoms with Crippen molar-refractivity contribution < 1.29 is 14.3 Å². The highest BCUT2D eigenvalue weighted by molar-refractivity contribution is 5.79. The van der Waals surface area contributed by atoms with Gasteiger partial charge in [-0.1, -0.05) is 12.2 Å². The summed E-state index contributed by atoms with van der Waals surface area (Å²) in [5.74, 6) is 1.16. The fourth-order valence-electron chi connectivity index (χ4n) is 1.51. The summed E-state index contributed by atoms with van der Waals surface area (Å²) < 4.78 is 10.5. The van der Waals surface area contributed by atoms with Crippen molar-refractivity contribution in [1.82, 2.24) is 0 Å². The molecule has 0 aromatic heterocycles. The van der Waals surface area contributed by atoms with Gasteiger partial charge in [0.2, 0.25) is 0 Å². The van der Waals surface area contributed by atoms with Crippen LogP contribution in [-0.4, -0.2) is 27.1 Å². The van der Waals surface area contributed by atoms with Crippen LogP contribution < -0.4 is 15.2 Å². The van der Waals surface area contributed by atoms with E-state index in [4.69, 9.17) is 15.2 Å². The second-order valence-electron chi connectivity index (χ2n) is 3.44. The zero-order valence-corrected chi connectivity index (χ0v) is 10.1. The largest absolute Gasteiger partial charge is 0.493 e. The number of methoxy groups -OCH3 is 2. The van der Waals surface area contributed by atoms with Crippen molar-refractivity contribution in [1.29, 1.82) is 0 Å². The fourth-order valence-corrected chi connectivity index (χ4v) is 1.51. The van der Waals surface area contributed by atoms with Crippen LogP contribution in [-0.2, 0) is 0 Å². The third kappa shape index (κ3) is 3.32. The highest BCUT2D eigenvalue weighted by atomic mass is 16.5. The third-order valence-corrected chi connectivity index (χ3v) is 2.30. The Morgan fingerprint density at radius 2 is 2.06 bits per heavy atom. The van der Waals surface area contributed by atoms with E-state index in [9.17, 15) is 4.79 Å². The molecule has 0 bridgehead atoms. The zero-order valence-electron chi connectivity index (χ0n) is 10.1. The van der Waals surface area contributed by atoms with E-state index < -0.39 is 0 Å². The summed E-state index contributed by atoms with van der Waals surface area (Å²) in [5, 5.41) is 0. The van der Waals surface area contributed by atoms with E-state index in [0.29, 0.717) is 23.6 Å². The molecular formula is C13H17NO3. The predicted molar refractivity (Wildman–Crippen MR) is 67.6 cm³/mol. The Morgan fingerprint density at radius 1 is 1.29 bits per heavy atom. The molecule has 0 amide bonds. The van der Waals surface area contributed by atoms with E-state index in [-0.39, 0.29) is 0 Å². The molecule has 4 heteroatoms. The summed E-state index contributed by atoms with van der Waals surface area (Å²) in [4.78, 5) is 10.8. The van der Waals surface area contributed by atoms with Crippen LogP contribution in [0.25, 0.3) is 6.08 Å². The molecule has 1 rings (SSSR count). The van der Waals surface area contributed by atoms with E-state index >= 15 is 0 Å². The van der Waals surface area contributed by atoms with E-state index in [0.717, 1.165) is 18.3 Å². The van der Waals surface area contributed by atoms with Gasteiger partial charge in [-0.05, 0) is 25.1 Å². The Morgan fingerprint density at radius 3 is 2.59 bits per heavy atom. The van der Waals surface area contributed by atoms with Crippen LogP contribution in [0, 0.1) is 0 Å². The van der Waals surface area contributed by atoms with Crippen LogP contribution in [0.5, 0.6) is 11.5 Å². The Bertz CT molecular complexity index is 413. The summed E-state index contributed by atoms with van der Waals surface area (Å²) >= 11 is 0. The average molecular weight is 235 g/mol. The molecule has 17 heavy (non-hydrogen) atoms. The summed E-state index contributed by atoms with van der Waals surface area (Å²) in [6.07, 6.45) is 5.37. The summed E-state index contributed by atoms with van der Waals surface area (Å²) in [6, 6.07) is 3.40. The minimum absolute atomic E-state index is 0.546. The van der Waals surface area contributed by atoms with Crippen LogP contribution in [0.3, 0.4) is 0 Å². The molecule has 0 atom stereocenters. The fraction of sp³-hybridized carbons (Fsp3) is 0.308. The molecular weight excluding hydrogens is 218 g/mol. The van der Waals surface area contributed by atoms with Gasteiger partial charge in [0.1, 0.15) is 6.29 Å². The highest BCUT2D eigenvalue weighted by Crippen LogP contribution is 2.33. The third-order valence-electron chi connectivity index (χ3n) is 2.30. The Balaban J connectivity index is 3.19. The molecule has 0 spiro atoms. The second kappa shape index (κ2) is 6.70. The SMILES string of the molecule is COc1cc(C=O)cc(C=CCCN)c1OC. The number of carbonyl (C=O) groups excluding carboxylic acids is 1. The molecule has 0 fully saturated rings. The predicted octanol–water partition coefficient (Wildman–Crippen LogP) is 1.88. The molecule has 0 saturated heterocycles. The first kappa shape index (κ1) is 13.3. The standard InChI is InChI=1S/C13H17NO3/c1-16-12-8-10(9-15)7-11(13(12)17-2)5-3-4-6-14/h3,5,7-9H,4,6,14H2,1-2H3. The first-order valence-corrected chi connectivity index (χ1v) is 5.34. The minimum atomic E-state index is 0.546. The van der Waals surface area contributed by atoms with Crippen molar-refractivity contribution in [2.45, 2.75) is 6.42 Å². The van der Waals surface area contributed by atoms with Crippen molar-refractivity contribution in [3.05, 3.63) is 29.3 Å². The van der Waals surface area contributed by atoms with Crippen LogP contribution in [0.15, 0.2) is 18.2 Å². The summed E-state index contributed by atoms with van der Waals surface area (Å²) in [7, 11) is 3.11. The smallest absolute Gasteiger partial charge is 0.167 e. The van der Waals surface area contributed by atoms with Crippen LogP contribution in [0.1, 0.15) is 22.3 Å². The first-order chi connectivity index (χ1) is 8.26. The van der Waals surface area contributed by atoms with Crippen molar-refractivity contribution in [2.24, 2.45) is 5.73 Å². The van der Waals surface area contributed by atoms with Crippen LogP contribution >= 0.6 is 0 Å². The van der Waals surface area contributed by atoms with E-state index in [1.807, 2.05) is 12.2 Å². The van der Waals surface area contributed by atoms with Gasteiger partial charge in [-0.3, -0.25) is 4.79 Å². The number of benzene rings is 1. The molecule has 1 aromatic rings. The lowest BCUT2D eigenvalue weighted by Gasteiger charge is -2.11. The molecule has 0 unspecified atom stereocenters. The number of rotatable bonds is 6. The second-order valence-corrected chi connectivity index (χ2v) is 3.44. The maximum Gasteiger partial charge on any atom is 0.167 e. The maximum absolute atomic E-state index is 10.8. The molecule has 0 heterocycles. The molecule has 2 N–H and O–H groups in total. The van der Waals surface area contributed by atoms with Crippen molar-refractivity contribution >= 4 is 12.4 Å². The quantitative estimate of drug-likeness (QED) is 0.765. The highest BCUT2D eigenvalue weighted by Gasteiger charge is 2.09. The molecule has 0 radical (unpaired) electrons. The topological polar surface area (TPSA) is 61.5 Å². The number of aldehydes is 1. The monoisotopic (exact) mass is 235 g/mol. The summed E-state index contributed by atoms with van der Waals surface area (Å²) in [6.45, 7) is 0.587.